The quantitative estimate of drug-likeness (QED) is 0.743. The van der Waals surface area contributed by atoms with Crippen molar-refractivity contribution >= 4 is 6.20 Å². The van der Waals surface area contributed by atoms with Gasteiger partial charge in [-0.2, -0.15) is 10.2 Å². The van der Waals surface area contributed by atoms with Gasteiger partial charge >= 0.3 is 0 Å². The average Bonchev–Trinajstić information content (AvgIpc) is 3.22. The zero-order chi connectivity index (χ0) is 14.9. The molecule has 5 nitrogen and oxygen atoms in total. The molecule has 0 saturated carbocycles. The molecule has 22 heavy (non-hydrogen) atoms. The smallest absolute Gasteiger partial charge is 0.118 e. The largest absolute Gasteiger partial charge is 0.497 e. The van der Waals surface area contributed by atoms with Gasteiger partial charge < -0.3 is 4.74 Å². The predicted octanol–water partition coefficient (Wildman–Crippen LogP) is 2.83. The van der Waals surface area contributed by atoms with Crippen molar-refractivity contribution in [1.29, 1.82) is 0 Å². The molecular weight excluding hydrogens is 276 g/mol. The Morgan fingerprint density at radius 1 is 1.23 bits per heavy atom. The van der Waals surface area contributed by atoms with E-state index in [9.17, 15) is 0 Å². The van der Waals surface area contributed by atoms with E-state index in [4.69, 9.17) is 4.74 Å². The van der Waals surface area contributed by atoms with Gasteiger partial charge in [0.1, 0.15) is 5.75 Å². The van der Waals surface area contributed by atoms with E-state index >= 15 is 0 Å². The molecule has 0 radical (unpaired) electrons. The number of hydrogen-bond acceptors (Lipinski definition) is 3. The SMILES string of the molecule is COc1ccc(Cn2cc(-c3cc4n(n3)C=CC4)cn2)cc1. The topological polar surface area (TPSA) is 44.9 Å². The summed E-state index contributed by atoms with van der Waals surface area (Å²) >= 11 is 0. The summed E-state index contributed by atoms with van der Waals surface area (Å²) in [6, 6.07) is 10.2. The van der Waals surface area contributed by atoms with Gasteiger partial charge in [0.2, 0.25) is 0 Å². The summed E-state index contributed by atoms with van der Waals surface area (Å²) in [5.74, 6) is 0.866. The second kappa shape index (κ2) is 5.18. The highest BCUT2D eigenvalue weighted by molar-refractivity contribution is 5.59. The lowest BCUT2D eigenvalue weighted by atomic mass is 10.2. The molecule has 0 atom stereocenters. The Morgan fingerprint density at radius 2 is 2.09 bits per heavy atom. The third-order valence-corrected chi connectivity index (χ3v) is 3.82. The molecule has 4 rings (SSSR count). The van der Waals surface area contributed by atoms with Gasteiger partial charge in [-0.05, 0) is 23.8 Å². The number of methoxy groups -OCH3 is 1. The van der Waals surface area contributed by atoms with Gasteiger partial charge in [0, 0.05) is 30.1 Å². The Morgan fingerprint density at radius 3 is 2.86 bits per heavy atom. The van der Waals surface area contributed by atoms with Crippen LogP contribution in [0.1, 0.15) is 11.3 Å². The zero-order valence-electron chi connectivity index (χ0n) is 12.3. The van der Waals surface area contributed by atoms with Crippen LogP contribution in [0.2, 0.25) is 0 Å². The van der Waals surface area contributed by atoms with Crippen molar-refractivity contribution in [2.75, 3.05) is 7.11 Å². The Bertz CT molecular complexity index is 827. The summed E-state index contributed by atoms with van der Waals surface area (Å²) in [5, 5.41) is 9.00. The maximum atomic E-state index is 5.17. The standard InChI is InChI=1S/C17H16N4O/c1-22-16-6-4-13(5-7-16)11-20-12-14(10-18-20)17-9-15-3-2-8-21(15)19-17/h2,4-10,12H,3,11H2,1H3. The number of nitrogens with zero attached hydrogens (tertiary/aromatic N) is 4. The second-order valence-electron chi connectivity index (χ2n) is 5.33. The number of benzene rings is 1. The van der Waals surface area contributed by atoms with Crippen molar-refractivity contribution in [3.63, 3.8) is 0 Å². The highest BCUT2D eigenvalue weighted by Gasteiger charge is 2.12. The lowest BCUT2D eigenvalue weighted by molar-refractivity contribution is 0.414. The van der Waals surface area contributed by atoms with E-state index in [1.165, 1.54) is 11.3 Å². The van der Waals surface area contributed by atoms with Gasteiger partial charge in [0.15, 0.2) is 0 Å². The fraction of sp³-hybridized carbons (Fsp3) is 0.176. The molecule has 0 bridgehead atoms. The second-order valence-corrected chi connectivity index (χ2v) is 5.33. The van der Waals surface area contributed by atoms with Gasteiger partial charge in [0.05, 0.1) is 25.5 Å². The van der Waals surface area contributed by atoms with Crippen molar-refractivity contribution in [1.82, 2.24) is 19.6 Å². The first kappa shape index (κ1) is 12.9. The highest BCUT2D eigenvalue weighted by atomic mass is 16.5. The molecule has 0 saturated heterocycles. The van der Waals surface area contributed by atoms with E-state index in [0.717, 1.165) is 30.0 Å². The van der Waals surface area contributed by atoms with Gasteiger partial charge in [-0.3, -0.25) is 4.68 Å². The van der Waals surface area contributed by atoms with Crippen LogP contribution in [0.25, 0.3) is 17.5 Å². The van der Waals surface area contributed by atoms with Crippen LogP contribution in [0.3, 0.4) is 0 Å². The molecule has 1 aromatic carbocycles. The molecule has 1 aliphatic rings. The molecule has 0 N–H and O–H groups in total. The molecule has 3 heterocycles. The maximum Gasteiger partial charge on any atom is 0.118 e. The van der Waals surface area contributed by atoms with Gasteiger partial charge in [-0.15, -0.1) is 0 Å². The summed E-state index contributed by atoms with van der Waals surface area (Å²) in [4.78, 5) is 0. The Labute approximate surface area is 128 Å². The zero-order valence-corrected chi connectivity index (χ0v) is 12.3. The number of fused-ring (bicyclic) bond motifs is 1. The minimum Gasteiger partial charge on any atom is -0.497 e. The minimum absolute atomic E-state index is 0.734. The van der Waals surface area contributed by atoms with Crippen molar-refractivity contribution < 1.29 is 4.74 Å². The van der Waals surface area contributed by atoms with Gasteiger partial charge in [0.25, 0.3) is 0 Å². The molecule has 0 aliphatic carbocycles. The summed E-state index contributed by atoms with van der Waals surface area (Å²) in [5.41, 5.74) is 4.42. The predicted molar refractivity (Wildman–Crippen MR) is 84.6 cm³/mol. The minimum atomic E-state index is 0.734. The van der Waals surface area contributed by atoms with Crippen LogP contribution < -0.4 is 4.74 Å². The van der Waals surface area contributed by atoms with Crippen molar-refractivity contribution in [3.05, 3.63) is 60.1 Å². The third kappa shape index (κ3) is 2.30. The fourth-order valence-electron chi connectivity index (χ4n) is 2.63. The van der Waals surface area contributed by atoms with Crippen LogP contribution in [0.15, 0.2) is 48.8 Å². The normalized spacial score (nSPS) is 12.6. The van der Waals surface area contributed by atoms with Gasteiger partial charge in [-0.25, -0.2) is 4.68 Å². The van der Waals surface area contributed by atoms with Crippen LogP contribution in [0.4, 0.5) is 0 Å². The molecule has 5 heteroatoms. The van der Waals surface area contributed by atoms with Crippen molar-refractivity contribution in [3.8, 4) is 17.0 Å². The molecule has 3 aromatic rings. The van der Waals surface area contributed by atoms with E-state index in [0.29, 0.717) is 0 Å². The fourth-order valence-corrected chi connectivity index (χ4v) is 2.63. The Balaban J connectivity index is 1.54. The molecular formula is C17H16N4O. The number of allylic oxidation sites excluding steroid dienone is 1. The first-order valence-corrected chi connectivity index (χ1v) is 7.23. The molecule has 0 amide bonds. The maximum absolute atomic E-state index is 5.17. The lowest BCUT2D eigenvalue weighted by Gasteiger charge is -2.03. The third-order valence-electron chi connectivity index (χ3n) is 3.82. The van der Waals surface area contributed by atoms with E-state index in [2.05, 4.69) is 34.5 Å². The van der Waals surface area contributed by atoms with Crippen molar-refractivity contribution in [2.24, 2.45) is 0 Å². The first-order chi connectivity index (χ1) is 10.8. The van der Waals surface area contributed by atoms with Crippen LogP contribution >= 0.6 is 0 Å². The molecule has 1 aliphatic heterocycles. The van der Waals surface area contributed by atoms with Gasteiger partial charge in [-0.1, -0.05) is 18.2 Å². The summed E-state index contributed by atoms with van der Waals surface area (Å²) in [7, 11) is 1.67. The number of rotatable bonds is 4. The Hall–Kier alpha value is -2.82. The molecule has 110 valence electrons. The highest BCUT2D eigenvalue weighted by Crippen LogP contribution is 2.22. The number of ether oxygens (including phenoxy) is 1. The molecule has 2 aromatic heterocycles. The van der Waals surface area contributed by atoms with Crippen molar-refractivity contribution in [2.45, 2.75) is 13.0 Å². The van der Waals surface area contributed by atoms with Crippen LogP contribution in [0.5, 0.6) is 5.75 Å². The van der Waals surface area contributed by atoms with E-state index in [-0.39, 0.29) is 0 Å². The lowest BCUT2D eigenvalue weighted by Crippen LogP contribution is -1.99. The van der Waals surface area contributed by atoms with E-state index in [1.54, 1.807) is 7.11 Å². The number of aromatic nitrogens is 4. The summed E-state index contributed by atoms with van der Waals surface area (Å²) < 4.78 is 9.03. The monoisotopic (exact) mass is 292 g/mol. The molecule has 0 spiro atoms. The molecule has 0 fully saturated rings. The molecule has 0 unspecified atom stereocenters. The average molecular weight is 292 g/mol. The van der Waals surface area contributed by atoms with E-state index in [1.807, 2.05) is 40.1 Å². The van der Waals surface area contributed by atoms with Crippen LogP contribution in [0, 0.1) is 0 Å². The summed E-state index contributed by atoms with van der Waals surface area (Å²) in [6.07, 6.45) is 8.96. The number of hydrogen-bond donors (Lipinski definition) is 0. The first-order valence-electron chi connectivity index (χ1n) is 7.23. The van der Waals surface area contributed by atoms with Crippen LogP contribution in [-0.2, 0) is 13.0 Å². The van der Waals surface area contributed by atoms with Crippen LogP contribution in [-0.4, -0.2) is 26.7 Å². The Kier molecular flexibility index (Phi) is 3.04. The van der Waals surface area contributed by atoms with E-state index < -0.39 is 0 Å². The summed E-state index contributed by atoms with van der Waals surface area (Å²) in [6.45, 7) is 0.734.